The summed E-state index contributed by atoms with van der Waals surface area (Å²) in [6, 6.07) is 5.28. The number of rotatable bonds is 6. The van der Waals surface area contributed by atoms with Crippen LogP contribution in [0.25, 0.3) is 0 Å². The van der Waals surface area contributed by atoms with Crippen molar-refractivity contribution >= 4 is 23.5 Å². The number of hydrogen-bond acceptors (Lipinski definition) is 4. The van der Waals surface area contributed by atoms with E-state index in [1.807, 2.05) is 13.0 Å². The van der Waals surface area contributed by atoms with Crippen molar-refractivity contribution in [2.45, 2.75) is 13.8 Å². The highest BCUT2D eigenvalue weighted by atomic mass is 35.5. The molecule has 0 saturated carbocycles. The van der Waals surface area contributed by atoms with Crippen molar-refractivity contribution in [1.82, 2.24) is 5.32 Å². The van der Waals surface area contributed by atoms with Crippen molar-refractivity contribution in [2.24, 2.45) is 0 Å². The summed E-state index contributed by atoms with van der Waals surface area (Å²) in [6.45, 7) is 3.50. The van der Waals surface area contributed by atoms with Crippen molar-refractivity contribution in [3.8, 4) is 5.75 Å². The number of carbonyl (C=O) groups is 2. The first-order valence-electron chi connectivity index (χ1n) is 5.84. The molecule has 0 aliphatic rings. The van der Waals surface area contributed by atoms with E-state index >= 15 is 0 Å². The quantitative estimate of drug-likeness (QED) is 0.808. The number of carbonyl (C=O) groups excluding carboxylic acids is 2. The van der Waals surface area contributed by atoms with E-state index in [4.69, 9.17) is 16.3 Å². The summed E-state index contributed by atoms with van der Waals surface area (Å²) in [4.78, 5) is 22.5. The van der Waals surface area contributed by atoms with Crippen LogP contribution in [-0.2, 0) is 14.3 Å². The Kier molecular flexibility index (Phi) is 6.15. The molecule has 0 heterocycles. The smallest absolute Gasteiger partial charge is 0.325 e. The van der Waals surface area contributed by atoms with E-state index in [2.05, 4.69) is 10.1 Å². The van der Waals surface area contributed by atoms with Gasteiger partial charge in [-0.25, -0.2) is 0 Å². The standard InChI is InChI=1S/C13H16ClNO4/c1-3-18-13(17)7-15-12(16)8-19-11-6-9(2)4-5-10(11)14/h4-6H,3,7-8H2,1-2H3,(H,15,16). The number of halogens is 1. The van der Waals surface area contributed by atoms with Gasteiger partial charge in [-0.1, -0.05) is 17.7 Å². The highest BCUT2D eigenvalue weighted by Crippen LogP contribution is 2.24. The molecule has 0 atom stereocenters. The molecule has 1 amide bonds. The minimum atomic E-state index is -0.482. The largest absolute Gasteiger partial charge is 0.482 e. The second kappa shape index (κ2) is 7.63. The summed E-state index contributed by atoms with van der Waals surface area (Å²) in [7, 11) is 0. The molecule has 0 fully saturated rings. The second-order valence-corrected chi connectivity index (χ2v) is 4.21. The number of ether oxygens (including phenoxy) is 2. The van der Waals surface area contributed by atoms with Crippen LogP contribution in [0, 0.1) is 6.92 Å². The molecule has 0 radical (unpaired) electrons. The molecule has 6 heteroatoms. The summed E-state index contributed by atoms with van der Waals surface area (Å²) in [6.07, 6.45) is 0. The molecule has 1 aromatic carbocycles. The van der Waals surface area contributed by atoms with Gasteiger partial charge in [0, 0.05) is 0 Å². The number of nitrogens with one attached hydrogen (secondary N) is 1. The molecule has 0 unspecified atom stereocenters. The highest BCUT2D eigenvalue weighted by Gasteiger charge is 2.08. The summed E-state index contributed by atoms with van der Waals surface area (Å²) in [5.74, 6) is -0.456. The molecular formula is C13H16ClNO4. The molecule has 0 aliphatic heterocycles. The number of aryl methyl sites for hydroxylation is 1. The van der Waals surface area contributed by atoms with E-state index in [9.17, 15) is 9.59 Å². The van der Waals surface area contributed by atoms with Crippen LogP contribution in [0.4, 0.5) is 0 Å². The summed E-state index contributed by atoms with van der Waals surface area (Å²) in [5, 5.41) is 2.82. The lowest BCUT2D eigenvalue weighted by molar-refractivity contribution is -0.143. The van der Waals surface area contributed by atoms with Gasteiger partial charge in [-0.3, -0.25) is 9.59 Å². The Morgan fingerprint density at radius 2 is 2.11 bits per heavy atom. The molecule has 1 rings (SSSR count). The first-order valence-corrected chi connectivity index (χ1v) is 6.22. The van der Waals surface area contributed by atoms with Gasteiger partial charge in [0.05, 0.1) is 11.6 Å². The van der Waals surface area contributed by atoms with Crippen molar-refractivity contribution in [2.75, 3.05) is 19.8 Å². The van der Waals surface area contributed by atoms with E-state index in [0.29, 0.717) is 10.8 Å². The zero-order valence-electron chi connectivity index (χ0n) is 10.9. The van der Waals surface area contributed by atoms with Gasteiger partial charge in [-0.05, 0) is 31.5 Å². The predicted octanol–water partition coefficient (Wildman–Crippen LogP) is 1.71. The maximum Gasteiger partial charge on any atom is 0.325 e. The van der Waals surface area contributed by atoms with Gasteiger partial charge in [-0.2, -0.15) is 0 Å². The van der Waals surface area contributed by atoms with E-state index in [1.54, 1.807) is 19.1 Å². The third kappa shape index (κ3) is 5.61. The van der Waals surface area contributed by atoms with Crippen molar-refractivity contribution in [3.05, 3.63) is 28.8 Å². The molecule has 1 N–H and O–H groups in total. The highest BCUT2D eigenvalue weighted by molar-refractivity contribution is 6.32. The molecule has 0 bridgehead atoms. The van der Waals surface area contributed by atoms with E-state index < -0.39 is 11.9 Å². The molecule has 5 nitrogen and oxygen atoms in total. The number of hydrogen-bond donors (Lipinski definition) is 1. The van der Waals surface area contributed by atoms with E-state index in [-0.39, 0.29) is 19.8 Å². The molecule has 1 aromatic rings. The maximum atomic E-state index is 11.4. The van der Waals surface area contributed by atoms with Crippen LogP contribution in [0.15, 0.2) is 18.2 Å². The lowest BCUT2D eigenvalue weighted by atomic mass is 10.2. The van der Waals surface area contributed by atoms with Crippen molar-refractivity contribution < 1.29 is 19.1 Å². The van der Waals surface area contributed by atoms with Crippen LogP contribution in [0.1, 0.15) is 12.5 Å². The lowest BCUT2D eigenvalue weighted by Crippen LogP contribution is -2.34. The lowest BCUT2D eigenvalue weighted by Gasteiger charge is -2.09. The minimum absolute atomic E-state index is 0.169. The van der Waals surface area contributed by atoms with Crippen LogP contribution < -0.4 is 10.1 Å². The Hall–Kier alpha value is -1.75. The van der Waals surface area contributed by atoms with Gasteiger partial charge in [0.15, 0.2) is 6.61 Å². The Morgan fingerprint density at radius 3 is 2.79 bits per heavy atom. The third-order valence-corrected chi connectivity index (χ3v) is 2.49. The minimum Gasteiger partial charge on any atom is -0.482 e. The van der Waals surface area contributed by atoms with Crippen LogP contribution in [-0.4, -0.2) is 31.6 Å². The monoisotopic (exact) mass is 285 g/mol. The average Bonchev–Trinajstić information content (AvgIpc) is 2.38. The van der Waals surface area contributed by atoms with Gasteiger partial charge >= 0.3 is 5.97 Å². The SMILES string of the molecule is CCOC(=O)CNC(=O)COc1cc(C)ccc1Cl. The topological polar surface area (TPSA) is 64.6 Å². The number of amides is 1. The Labute approximate surface area is 116 Å². The van der Waals surface area contributed by atoms with Crippen molar-refractivity contribution in [3.63, 3.8) is 0 Å². The molecule has 0 aromatic heterocycles. The predicted molar refractivity (Wildman–Crippen MR) is 71.3 cm³/mol. The summed E-state index contributed by atoms with van der Waals surface area (Å²) in [5.41, 5.74) is 0.978. The fraction of sp³-hybridized carbons (Fsp3) is 0.385. The third-order valence-electron chi connectivity index (χ3n) is 2.18. The Bertz CT molecular complexity index is 462. The van der Waals surface area contributed by atoms with Gasteiger partial charge in [0.1, 0.15) is 12.3 Å². The van der Waals surface area contributed by atoms with Gasteiger partial charge in [0.25, 0.3) is 5.91 Å². The van der Waals surface area contributed by atoms with E-state index in [1.165, 1.54) is 0 Å². The van der Waals surface area contributed by atoms with Crippen molar-refractivity contribution in [1.29, 1.82) is 0 Å². The number of benzene rings is 1. The molecule has 0 spiro atoms. The van der Waals surface area contributed by atoms with Gasteiger partial charge in [0.2, 0.25) is 0 Å². The van der Waals surface area contributed by atoms with Gasteiger partial charge < -0.3 is 14.8 Å². The first kappa shape index (κ1) is 15.3. The zero-order chi connectivity index (χ0) is 14.3. The summed E-state index contributed by atoms with van der Waals surface area (Å²) < 4.78 is 9.95. The van der Waals surface area contributed by atoms with Crippen LogP contribution in [0.5, 0.6) is 5.75 Å². The van der Waals surface area contributed by atoms with E-state index in [0.717, 1.165) is 5.56 Å². The average molecular weight is 286 g/mol. The second-order valence-electron chi connectivity index (χ2n) is 3.80. The molecule has 19 heavy (non-hydrogen) atoms. The normalized spacial score (nSPS) is 9.84. The fourth-order valence-electron chi connectivity index (χ4n) is 1.30. The Balaban J connectivity index is 2.38. The van der Waals surface area contributed by atoms with Crippen LogP contribution in [0.3, 0.4) is 0 Å². The Morgan fingerprint density at radius 1 is 1.37 bits per heavy atom. The molecular weight excluding hydrogens is 270 g/mol. The molecule has 0 aliphatic carbocycles. The number of esters is 1. The first-order chi connectivity index (χ1) is 9.02. The zero-order valence-corrected chi connectivity index (χ0v) is 11.6. The summed E-state index contributed by atoms with van der Waals surface area (Å²) >= 11 is 5.92. The molecule has 0 saturated heterocycles. The van der Waals surface area contributed by atoms with Crippen LogP contribution >= 0.6 is 11.6 Å². The van der Waals surface area contributed by atoms with Gasteiger partial charge in [-0.15, -0.1) is 0 Å². The van der Waals surface area contributed by atoms with Crippen LogP contribution in [0.2, 0.25) is 5.02 Å². The fourth-order valence-corrected chi connectivity index (χ4v) is 1.47. The molecule has 104 valence electrons. The maximum absolute atomic E-state index is 11.4.